The first-order valence-electron chi connectivity index (χ1n) is 9.25. The molecular formula is C17H27N4O3S+. The first-order valence-corrected chi connectivity index (χ1v) is 10.6. The van der Waals surface area contributed by atoms with Crippen LogP contribution in [0.15, 0.2) is 4.90 Å². The summed E-state index contributed by atoms with van der Waals surface area (Å²) in [5.41, 5.74) is 0.986. The average molecular weight is 367 g/mol. The first kappa shape index (κ1) is 17.3. The lowest BCUT2D eigenvalue weighted by Gasteiger charge is -2.38. The van der Waals surface area contributed by atoms with E-state index in [9.17, 15) is 9.66 Å². The molecule has 0 bridgehead atoms. The molecule has 2 fully saturated rings. The maximum atomic E-state index is 10.6. The Bertz CT molecular complexity index is 620. The van der Waals surface area contributed by atoms with Crippen LogP contribution in [0.25, 0.3) is 0 Å². The van der Waals surface area contributed by atoms with Gasteiger partial charge in [0.25, 0.3) is 4.90 Å². The van der Waals surface area contributed by atoms with E-state index in [-0.39, 0.29) is 6.10 Å². The molecule has 4 heterocycles. The Labute approximate surface area is 151 Å². The number of hydrogen-bond donors (Lipinski definition) is 2. The van der Waals surface area contributed by atoms with Crippen molar-refractivity contribution in [3.63, 3.8) is 0 Å². The molecule has 0 spiro atoms. The zero-order valence-electron chi connectivity index (χ0n) is 14.7. The zero-order chi connectivity index (χ0) is 17.4. The maximum absolute atomic E-state index is 10.6. The van der Waals surface area contributed by atoms with E-state index in [1.807, 2.05) is 4.90 Å². The largest absolute Gasteiger partial charge is 0.389 e. The average Bonchev–Trinajstić information content (AvgIpc) is 2.98. The summed E-state index contributed by atoms with van der Waals surface area (Å²) in [4.78, 5) is 14.9. The van der Waals surface area contributed by atoms with Gasteiger partial charge in [0, 0.05) is 45.3 Å². The number of ether oxygens (including phenoxy) is 1. The molecule has 0 aromatic carbocycles. The number of rotatable bonds is 5. The Kier molecular flexibility index (Phi) is 5.04. The number of aryl methyl sites for hydroxylation is 1. The molecule has 0 saturated carbocycles. The molecule has 1 atom stereocenters. The minimum Gasteiger partial charge on any atom is -0.389 e. The number of aromatic nitrogens is 2. The van der Waals surface area contributed by atoms with Gasteiger partial charge in [0.2, 0.25) is 5.95 Å². The number of hydrogen-bond acceptors (Lipinski definition) is 7. The second kappa shape index (κ2) is 7.26. The van der Waals surface area contributed by atoms with Crippen molar-refractivity contribution in [2.45, 2.75) is 49.6 Å². The Hall–Kier alpha value is -1.09. The highest BCUT2D eigenvalue weighted by atomic mass is 32.2. The third kappa shape index (κ3) is 3.32. The standard InChI is InChI=1S/C17H27N4O3S/c1-2-6-21(12-3-7-24-8-4-12)16-15-14(5-9-25(15)23)18-17(19-16)20-10-13(22)11-20/h12-13,22-23H,2-11H2,1H3/q+1. The smallest absolute Gasteiger partial charge is 0.253 e. The third-order valence-corrected chi connectivity index (χ3v) is 6.67. The monoisotopic (exact) mass is 367 g/mol. The van der Waals surface area contributed by atoms with Gasteiger partial charge in [-0.25, -0.2) is 4.98 Å². The van der Waals surface area contributed by atoms with Crippen LogP contribution < -0.4 is 9.80 Å². The fourth-order valence-electron chi connectivity index (χ4n) is 3.83. The van der Waals surface area contributed by atoms with E-state index in [0.717, 1.165) is 67.6 Å². The van der Waals surface area contributed by atoms with Gasteiger partial charge in [0.1, 0.15) is 5.69 Å². The molecule has 2 saturated heterocycles. The van der Waals surface area contributed by atoms with Crippen molar-refractivity contribution in [1.29, 1.82) is 0 Å². The molecule has 1 aromatic rings. The van der Waals surface area contributed by atoms with Crippen molar-refractivity contribution in [1.82, 2.24) is 9.97 Å². The fourth-order valence-corrected chi connectivity index (χ4v) is 5.22. The number of aliphatic hydroxyl groups is 1. The zero-order valence-corrected chi connectivity index (χ0v) is 15.5. The van der Waals surface area contributed by atoms with Crippen molar-refractivity contribution in [3.05, 3.63) is 5.69 Å². The number of β-amino-alcohol motifs (C(OH)–C–C–N with tert-alkyl or cyclic N) is 1. The Morgan fingerprint density at radius 3 is 2.72 bits per heavy atom. The molecule has 138 valence electrons. The highest BCUT2D eigenvalue weighted by Gasteiger charge is 2.42. The Balaban J connectivity index is 1.72. The first-order chi connectivity index (χ1) is 12.2. The molecule has 4 rings (SSSR count). The van der Waals surface area contributed by atoms with E-state index >= 15 is 0 Å². The fraction of sp³-hybridized carbons (Fsp3) is 0.765. The molecule has 3 aliphatic rings. The van der Waals surface area contributed by atoms with Gasteiger partial charge in [-0.2, -0.15) is 9.54 Å². The molecular weight excluding hydrogens is 340 g/mol. The van der Waals surface area contributed by atoms with Gasteiger partial charge in [0.05, 0.1) is 6.10 Å². The number of fused-ring (bicyclic) bond motifs is 1. The van der Waals surface area contributed by atoms with Crippen LogP contribution in [0.5, 0.6) is 0 Å². The molecule has 2 N–H and O–H groups in total. The SMILES string of the molecule is CCCN(c1nc(N2CC(O)C2)nc2c1[S+](O)CC2)C1CCOCC1. The number of aliphatic hydroxyl groups excluding tert-OH is 1. The van der Waals surface area contributed by atoms with E-state index in [0.29, 0.717) is 25.1 Å². The molecule has 1 unspecified atom stereocenters. The number of nitrogens with zero attached hydrogens (tertiary/aromatic N) is 4. The van der Waals surface area contributed by atoms with E-state index < -0.39 is 11.2 Å². The predicted molar refractivity (Wildman–Crippen MR) is 98.6 cm³/mol. The molecule has 8 heteroatoms. The summed E-state index contributed by atoms with van der Waals surface area (Å²) in [5, 5.41) is 9.62. The highest BCUT2D eigenvalue weighted by Crippen LogP contribution is 2.37. The van der Waals surface area contributed by atoms with E-state index in [2.05, 4.69) is 11.8 Å². The van der Waals surface area contributed by atoms with Gasteiger partial charge < -0.3 is 19.6 Å². The Morgan fingerprint density at radius 2 is 2.04 bits per heavy atom. The summed E-state index contributed by atoms with van der Waals surface area (Å²) < 4.78 is 16.1. The third-order valence-electron chi connectivity index (χ3n) is 5.19. The van der Waals surface area contributed by atoms with Crippen LogP contribution in [-0.2, 0) is 22.3 Å². The molecule has 0 amide bonds. The van der Waals surface area contributed by atoms with Crippen LogP contribution in [0.2, 0.25) is 0 Å². The summed E-state index contributed by atoms with van der Waals surface area (Å²) >= 11 is -0.766. The van der Waals surface area contributed by atoms with E-state index in [1.54, 1.807) is 0 Å². The quantitative estimate of drug-likeness (QED) is 0.753. The van der Waals surface area contributed by atoms with Crippen molar-refractivity contribution in [2.75, 3.05) is 48.4 Å². The predicted octanol–water partition coefficient (Wildman–Crippen LogP) is 1.06. The van der Waals surface area contributed by atoms with Gasteiger partial charge in [-0.3, -0.25) is 0 Å². The molecule has 3 aliphatic heterocycles. The van der Waals surface area contributed by atoms with Gasteiger partial charge in [0.15, 0.2) is 22.7 Å². The van der Waals surface area contributed by atoms with Gasteiger partial charge in [-0.05, 0) is 19.3 Å². The molecule has 0 aliphatic carbocycles. The van der Waals surface area contributed by atoms with Crippen LogP contribution in [0.4, 0.5) is 11.8 Å². The second-order valence-electron chi connectivity index (χ2n) is 7.04. The van der Waals surface area contributed by atoms with E-state index in [4.69, 9.17) is 14.7 Å². The summed E-state index contributed by atoms with van der Waals surface area (Å²) in [7, 11) is 0. The lowest BCUT2D eigenvalue weighted by Crippen LogP contribution is -2.52. The maximum Gasteiger partial charge on any atom is 0.253 e. The van der Waals surface area contributed by atoms with Crippen LogP contribution in [-0.4, -0.2) is 70.4 Å². The van der Waals surface area contributed by atoms with Crippen LogP contribution >= 0.6 is 0 Å². The molecule has 0 radical (unpaired) electrons. The van der Waals surface area contributed by atoms with Crippen molar-refractivity contribution in [3.8, 4) is 0 Å². The van der Waals surface area contributed by atoms with Gasteiger partial charge in [-0.1, -0.05) is 6.92 Å². The van der Waals surface area contributed by atoms with Crippen LogP contribution in [0.1, 0.15) is 31.9 Å². The summed E-state index contributed by atoms with van der Waals surface area (Å²) in [5.74, 6) is 2.36. The van der Waals surface area contributed by atoms with E-state index in [1.165, 1.54) is 0 Å². The van der Waals surface area contributed by atoms with Crippen molar-refractivity contribution >= 4 is 22.9 Å². The summed E-state index contributed by atoms with van der Waals surface area (Å²) in [6.07, 6.45) is 3.55. The minimum absolute atomic E-state index is 0.282. The van der Waals surface area contributed by atoms with Crippen molar-refractivity contribution < 1.29 is 14.4 Å². The van der Waals surface area contributed by atoms with Gasteiger partial charge >= 0.3 is 0 Å². The Morgan fingerprint density at radius 1 is 1.28 bits per heavy atom. The molecule has 1 aromatic heterocycles. The summed E-state index contributed by atoms with van der Waals surface area (Å²) in [6, 6.07) is 0.403. The number of anilines is 2. The second-order valence-corrected chi connectivity index (χ2v) is 8.58. The highest BCUT2D eigenvalue weighted by molar-refractivity contribution is 7.92. The normalized spacial score (nSPS) is 24.3. The van der Waals surface area contributed by atoms with Crippen LogP contribution in [0.3, 0.4) is 0 Å². The minimum atomic E-state index is -0.766. The lowest BCUT2D eigenvalue weighted by atomic mass is 10.1. The lowest BCUT2D eigenvalue weighted by molar-refractivity contribution is 0.0841. The van der Waals surface area contributed by atoms with Crippen LogP contribution in [0, 0.1) is 0 Å². The molecule has 7 nitrogen and oxygen atoms in total. The molecule has 25 heavy (non-hydrogen) atoms. The van der Waals surface area contributed by atoms with Crippen molar-refractivity contribution in [2.24, 2.45) is 0 Å². The summed E-state index contributed by atoms with van der Waals surface area (Å²) in [6.45, 7) is 5.86. The van der Waals surface area contributed by atoms with Gasteiger partial charge in [-0.15, -0.1) is 0 Å². The topological polar surface area (TPSA) is 82.0 Å².